The number of carbonyl (C=O) groups excluding carboxylic acids is 1. The first-order valence-electron chi connectivity index (χ1n) is 6.40. The van der Waals surface area contributed by atoms with Crippen LogP contribution in [0.5, 0.6) is 0 Å². The molecule has 1 unspecified atom stereocenters. The molecular weight excluding hydrogens is 283 g/mol. The number of carbonyl (C=O) groups is 1. The predicted octanol–water partition coefficient (Wildman–Crippen LogP) is 3.20. The van der Waals surface area contributed by atoms with Gasteiger partial charge in [-0.3, -0.25) is 4.79 Å². The number of ketones is 1. The summed E-state index contributed by atoms with van der Waals surface area (Å²) in [6, 6.07) is 0. The van der Waals surface area contributed by atoms with Crippen LogP contribution in [0.15, 0.2) is 34.5 Å². The van der Waals surface area contributed by atoms with Gasteiger partial charge in [0.2, 0.25) is 0 Å². The second-order valence-corrected chi connectivity index (χ2v) is 5.54. The summed E-state index contributed by atoms with van der Waals surface area (Å²) >= 11 is 11.7. The van der Waals surface area contributed by atoms with Crippen LogP contribution in [0.2, 0.25) is 0 Å². The average Bonchev–Trinajstić information content (AvgIpc) is 2.86. The Morgan fingerprint density at radius 1 is 1.47 bits per heavy atom. The zero-order valence-electron chi connectivity index (χ0n) is 11.1. The Balaban J connectivity index is 2.89. The SMILES string of the molecule is C=C(/C=C(Cl)\C(Cl)=C/N)C(=O)C1(CCC)CCCN1. The molecule has 3 nitrogen and oxygen atoms in total. The van der Waals surface area contributed by atoms with E-state index in [1.54, 1.807) is 0 Å². The lowest BCUT2D eigenvalue weighted by Gasteiger charge is -2.27. The fourth-order valence-corrected chi connectivity index (χ4v) is 2.68. The number of nitrogens with two attached hydrogens (primary N) is 1. The van der Waals surface area contributed by atoms with E-state index in [2.05, 4.69) is 18.8 Å². The highest BCUT2D eigenvalue weighted by Gasteiger charge is 2.40. The molecule has 1 saturated heterocycles. The Kier molecular flexibility index (Phi) is 6.11. The van der Waals surface area contributed by atoms with Crippen LogP contribution in [0, 0.1) is 0 Å². The summed E-state index contributed by atoms with van der Waals surface area (Å²) in [7, 11) is 0. The first-order valence-corrected chi connectivity index (χ1v) is 7.16. The molecule has 1 heterocycles. The number of allylic oxidation sites excluding steroid dienone is 3. The predicted molar refractivity (Wildman–Crippen MR) is 81.1 cm³/mol. The largest absolute Gasteiger partial charge is 0.403 e. The third-order valence-corrected chi connectivity index (χ3v) is 4.06. The molecule has 0 radical (unpaired) electrons. The van der Waals surface area contributed by atoms with E-state index in [0.717, 1.165) is 32.2 Å². The molecule has 1 atom stereocenters. The first kappa shape index (κ1) is 16.3. The summed E-state index contributed by atoms with van der Waals surface area (Å²) in [4.78, 5) is 12.5. The molecule has 19 heavy (non-hydrogen) atoms. The number of nitrogens with one attached hydrogen (secondary N) is 1. The van der Waals surface area contributed by atoms with Gasteiger partial charge in [0.15, 0.2) is 5.78 Å². The van der Waals surface area contributed by atoms with Gasteiger partial charge in [0.05, 0.1) is 15.6 Å². The molecule has 0 saturated carbocycles. The van der Waals surface area contributed by atoms with Crippen LogP contribution in [0.3, 0.4) is 0 Å². The Labute approximate surface area is 124 Å². The quantitative estimate of drug-likeness (QED) is 0.585. The van der Waals surface area contributed by atoms with E-state index in [-0.39, 0.29) is 15.8 Å². The standard InChI is InChI=1S/C14H20Cl2N2O/c1-3-5-14(6-4-7-18-14)13(19)10(2)8-11(15)12(16)9-17/h8-9,18H,2-7,17H2,1H3/b11-8+,12-9+. The van der Waals surface area contributed by atoms with Crippen molar-refractivity contribution in [2.45, 2.75) is 38.1 Å². The lowest BCUT2D eigenvalue weighted by molar-refractivity contribution is -0.121. The fraction of sp³-hybridized carbons (Fsp3) is 0.500. The Hall–Kier alpha value is -0.770. The average molecular weight is 303 g/mol. The minimum absolute atomic E-state index is 0.00788. The monoisotopic (exact) mass is 302 g/mol. The fourth-order valence-electron chi connectivity index (χ4n) is 2.43. The van der Waals surface area contributed by atoms with Gasteiger partial charge in [-0.2, -0.15) is 0 Å². The van der Waals surface area contributed by atoms with E-state index in [9.17, 15) is 4.79 Å². The zero-order valence-corrected chi connectivity index (χ0v) is 12.7. The van der Waals surface area contributed by atoms with Crippen molar-refractivity contribution >= 4 is 29.0 Å². The molecule has 1 aliphatic heterocycles. The topological polar surface area (TPSA) is 55.1 Å². The molecule has 0 aromatic rings. The highest BCUT2D eigenvalue weighted by molar-refractivity contribution is 6.44. The smallest absolute Gasteiger partial charge is 0.182 e. The van der Waals surface area contributed by atoms with Crippen molar-refractivity contribution in [2.24, 2.45) is 5.73 Å². The summed E-state index contributed by atoms with van der Waals surface area (Å²) in [5.41, 5.74) is 5.14. The minimum atomic E-state index is -0.488. The first-order chi connectivity index (χ1) is 8.96. The number of hydrogen-bond donors (Lipinski definition) is 2. The van der Waals surface area contributed by atoms with Crippen molar-refractivity contribution in [3.05, 3.63) is 34.5 Å². The van der Waals surface area contributed by atoms with Crippen LogP contribution < -0.4 is 11.1 Å². The normalized spacial score (nSPS) is 24.6. The molecular formula is C14H20Cl2N2O. The molecule has 1 fully saturated rings. The summed E-state index contributed by atoms with van der Waals surface area (Å²) < 4.78 is 0. The maximum absolute atomic E-state index is 12.5. The van der Waals surface area contributed by atoms with E-state index >= 15 is 0 Å². The van der Waals surface area contributed by atoms with Crippen LogP contribution in [0.1, 0.15) is 32.6 Å². The van der Waals surface area contributed by atoms with Crippen molar-refractivity contribution in [1.82, 2.24) is 5.32 Å². The van der Waals surface area contributed by atoms with Crippen LogP contribution in [0.25, 0.3) is 0 Å². The van der Waals surface area contributed by atoms with E-state index in [0.29, 0.717) is 5.57 Å². The molecule has 3 N–H and O–H groups in total. The van der Waals surface area contributed by atoms with Gasteiger partial charge < -0.3 is 11.1 Å². The van der Waals surface area contributed by atoms with Crippen LogP contribution >= 0.6 is 23.2 Å². The Morgan fingerprint density at radius 3 is 2.63 bits per heavy atom. The lowest BCUT2D eigenvalue weighted by atomic mass is 9.84. The molecule has 1 aliphatic rings. The zero-order chi connectivity index (χ0) is 14.5. The van der Waals surface area contributed by atoms with Crippen LogP contribution in [-0.4, -0.2) is 17.9 Å². The summed E-state index contributed by atoms with van der Waals surface area (Å²) in [5.74, 6) is -0.00788. The van der Waals surface area contributed by atoms with Gasteiger partial charge in [-0.1, -0.05) is 43.1 Å². The van der Waals surface area contributed by atoms with Gasteiger partial charge in [0.1, 0.15) is 0 Å². The van der Waals surface area contributed by atoms with Gasteiger partial charge in [0.25, 0.3) is 0 Å². The maximum atomic E-state index is 12.5. The van der Waals surface area contributed by atoms with E-state index in [1.165, 1.54) is 12.3 Å². The minimum Gasteiger partial charge on any atom is -0.403 e. The maximum Gasteiger partial charge on any atom is 0.182 e. The lowest BCUT2D eigenvalue weighted by Crippen LogP contribution is -2.47. The Morgan fingerprint density at radius 2 is 2.16 bits per heavy atom. The Bertz CT molecular complexity index is 421. The van der Waals surface area contributed by atoms with Crippen molar-refractivity contribution in [1.29, 1.82) is 0 Å². The highest BCUT2D eigenvalue weighted by atomic mass is 35.5. The number of Topliss-reactive ketones (excluding diaryl/α,β-unsaturated/α-hetero) is 1. The van der Waals surface area contributed by atoms with Crippen molar-refractivity contribution < 1.29 is 4.79 Å². The molecule has 0 aromatic heterocycles. The van der Waals surface area contributed by atoms with Gasteiger partial charge in [-0.25, -0.2) is 0 Å². The summed E-state index contributed by atoms with van der Waals surface area (Å²) in [6.45, 7) is 6.73. The van der Waals surface area contributed by atoms with Gasteiger partial charge in [0, 0.05) is 11.8 Å². The second kappa shape index (κ2) is 7.13. The number of halogens is 2. The molecule has 106 valence electrons. The van der Waals surface area contributed by atoms with Crippen LogP contribution in [0.4, 0.5) is 0 Å². The molecule has 0 aliphatic carbocycles. The molecule has 0 bridgehead atoms. The third-order valence-electron chi connectivity index (χ3n) is 3.32. The molecule has 0 amide bonds. The van der Waals surface area contributed by atoms with Gasteiger partial charge in [-0.15, -0.1) is 0 Å². The molecule has 0 spiro atoms. The highest BCUT2D eigenvalue weighted by Crippen LogP contribution is 2.29. The molecule has 5 heteroatoms. The second-order valence-electron chi connectivity index (χ2n) is 4.72. The van der Waals surface area contributed by atoms with Crippen molar-refractivity contribution in [3.63, 3.8) is 0 Å². The van der Waals surface area contributed by atoms with E-state index in [1.807, 2.05) is 0 Å². The number of rotatable bonds is 6. The van der Waals surface area contributed by atoms with Crippen LogP contribution in [-0.2, 0) is 4.79 Å². The summed E-state index contributed by atoms with van der Waals surface area (Å²) in [6.07, 6.45) is 6.25. The van der Waals surface area contributed by atoms with Crippen molar-refractivity contribution in [3.8, 4) is 0 Å². The van der Waals surface area contributed by atoms with E-state index < -0.39 is 5.54 Å². The number of hydrogen-bond acceptors (Lipinski definition) is 3. The molecule has 0 aromatic carbocycles. The van der Waals surface area contributed by atoms with Crippen molar-refractivity contribution in [2.75, 3.05) is 6.54 Å². The molecule has 1 rings (SSSR count). The van der Waals surface area contributed by atoms with Gasteiger partial charge in [-0.05, 0) is 31.9 Å². The van der Waals surface area contributed by atoms with E-state index in [4.69, 9.17) is 28.9 Å². The van der Waals surface area contributed by atoms with Gasteiger partial charge >= 0.3 is 0 Å². The third kappa shape index (κ3) is 3.85. The summed E-state index contributed by atoms with van der Waals surface area (Å²) in [5, 5.41) is 3.75.